The molecule has 9 nitrogen and oxygen atoms in total. The summed E-state index contributed by atoms with van der Waals surface area (Å²) < 4.78 is 10.7. The fourth-order valence-electron chi connectivity index (χ4n) is 4.25. The largest absolute Gasteiger partial charge is 0.381 e. The van der Waals surface area contributed by atoms with E-state index in [1.165, 1.54) is 0 Å². The highest BCUT2D eigenvalue weighted by Gasteiger charge is 2.21. The molecule has 0 radical (unpaired) electrons. The lowest BCUT2D eigenvalue weighted by molar-refractivity contribution is 0.0692. The average molecular weight is 493 g/mol. The van der Waals surface area contributed by atoms with E-state index < -0.39 is 0 Å². The summed E-state index contributed by atoms with van der Waals surface area (Å²) in [6, 6.07) is 7.70. The van der Waals surface area contributed by atoms with Crippen molar-refractivity contribution >= 4 is 34.2 Å². The molecule has 10 heteroatoms. The molecule has 4 heterocycles. The second kappa shape index (κ2) is 9.97. The number of carbonyl (C=O) groups excluding carboxylic acids is 1. The number of ether oxygens (including phenoxy) is 1. The fraction of sp³-hybridized carbons (Fsp3) is 0.320. The van der Waals surface area contributed by atoms with Crippen molar-refractivity contribution in [1.82, 2.24) is 25.4 Å². The van der Waals surface area contributed by atoms with Gasteiger partial charge in [-0.25, -0.2) is 9.97 Å². The number of hydrogen-bond donors (Lipinski definition) is 2. The van der Waals surface area contributed by atoms with E-state index in [0.29, 0.717) is 36.1 Å². The summed E-state index contributed by atoms with van der Waals surface area (Å²) in [5, 5.41) is 11.8. The van der Waals surface area contributed by atoms with Crippen LogP contribution in [0.5, 0.6) is 0 Å². The number of anilines is 1. The minimum Gasteiger partial charge on any atom is -0.381 e. The Kier molecular flexibility index (Phi) is 6.61. The molecular weight excluding hydrogens is 468 g/mol. The van der Waals surface area contributed by atoms with Crippen LogP contribution in [0.2, 0.25) is 5.02 Å². The van der Waals surface area contributed by atoms with Crippen LogP contribution in [0.3, 0.4) is 0 Å². The maximum Gasteiger partial charge on any atom is 0.289 e. The first-order chi connectivity index (χ1) is 17.0. The van der Waals surface area contributed by atoms with E-state index in [-0.39, 0.29) is 17.8 Å². The quantitative estimate of drug-likeness (QED) is 0.405. The molecule has 0 aliphatic carbocycles. The number of fused-ring (bicyclic) bond motifs is 1. The van der Waals surface area contributed by atoms with E-state index in [4.69, 9.17) is 20.9 Å². The predicted octanol–water partition coefficient (Wildman–Crippen LogP) is 4.47. The summed E-state index contributed by atoms with van der Waals surface area (Å²) in [5.74, 6) is 1.08. The van der Waals surface area contributed by atoms with Crippen molar-refractivity contribution in [3.63, 3.8) is 0 Å². The van der Waals surface area contributed by atoms with Crippen molar-refractivity contribution in [2.24, 2.45) is 0 Å². The Bertz CT molecular complexity index is 1360. The predicted molar refractivity (Wildman–Crippen MR) is 132 cm³/mol. The van der Waals surface area contributed by atoms with E-state index in [0.717, 1.165) is 46.4 Å². The van der Waals surface area contributed by atoms with Gasteiger partial charge in [0.05, 0.1) is 16.2 Å². The summed E-state index contributed by atoms with van der Waals surface area (Å²) in [6.45, 7) is 5.48. The molecule has 0 unspecified atom stereocenters. The Morgan fingerprint density at radius 1 is 1.14 bits per heavy atom. The highest BCUT2D eigenvalue weighted by molar-refractivity contribution is 6.30. The Morgan fingerprint density at radius 3 is 2.71 bits per heavy atom. The van der Waals surface area contributed by atoms with Crippen LogP contribution in [-0.2, 0) is 11.3 Å². The zero-order valence-electron chi connectivity index (χ0n) is 19.5. The van der Waals surface area contributed by atoms with E-state index in [1.54, 1.807) is 12.4 Å². The zero-order valence-corrected chi connectivity index (χ0v) is 20.2. The van der Waals surface area contributed by atoms with E-state index in [9.17, 15) is 4.79 Å². The molecule has 1 aliphatic heterocycles. The number of pyridine rings is 1. The summed E-state index contributed by atoms with van der Waals surface area (Å²) >= 11 is 6.10. The van der Waals surface area contributed by atoms with Crippen molar-refractivity contribution in [1.29, 1.82) is 0 Å². The van der Waals surface area contributed by atoms with Gasteiger partial charge < -0.3 is 19.9 Å². The Hall–Kier alpha value is -3.56. The first-order valence-electron chi connectivity index (χ1n) is 11.4. The Morgan fingerprint density at radius 2 is 1.97 bits per heavy atom. The van der Waals surface area contributed by atoms with Crippen LogP contribution in [0.25, 0.3) is 22.0 Å². The summed E-state index contributed by atoms with van der Waals surface area (Å²) in [6.07, 6.45) is 4.86. The van der Waals surface area contributed by atoms with E-state index in [2.05, 4.69) is 30.7 Å². The number of hydrogen-bond acceptors (Lipinski definition) is 8. The first kappa shape index (κ1) is 23.2. The molecule has 0 saturated carbocycles. The lowest BCUT2D eigenvalue weighted by Crippen LogP contribution is -2.39. The summed E-state index contributed by atoms with van der Waals surface area (Å²) in [5.41, 5.74) is 4.20. The number of nitrogens with zero attached hydrogens (tertiary/aromatic N) is 4. The van der Waals surface area contributed by atoms with Gasteiger partial charge in [0.15, 0.2) is 0 Å². The molecule has 1 fully saturated rings. The molecule has 2 N–H and O–H groups in total. The summed E-state index contributed by atoms with van der Waals surface area (Å²) in [7, 11) is 0. The lowest BCUT2D eigenvalue weighted by Gasteiger charge is -2.22. The lowest BCUT2D eigenvalue weighted by atomic mass is 10.0. The third kappa shape index (κ3) is 5.11. The van der Waals surface area contributed by atoms with Crippen molar-refractivity contribution in [3.05, 3.63) is 64.5 Å². The van der Waals surface area contributed by atoms with Crippen LogP contribution < -0.4 is 10.6 Å². The zero-order chi connectivity index (χ0) is 24.4. The number of amides is 1. The number of carbonyl (C=O) groups is 1. The van der Waals surface area contributed by atoms with Crippen LogP contribution in [0.15, 0.2) is 41.2 Å². The van der Waals surface area contributed by atoms with E-state index in [1.807, 2.05) is 38.1 Å². The molecule has 1 aliphatic rings. The monoisotopic (exact) mass is 492 g/mol. The molecule has 1 saturated heterocycles. The highest BCUT2D eigenvalue weighted by Crippen LogP contribution is 2.31. The molecule has 3 aromatic heterocycles. The molecule has 1 amide bonds. The minimum atomic E-state index is -0.305. The van der Waals surface area contributed by atoms with Gasteiger partial charge in [0.2, 0.25) is 5.82 Å². The van der Waals surface area contributed by atoms with Crippen LogP contribution in [0.4, 0.5) is 5.82 Å². The van der Waals surface area contributed by atoms with Gasteiger partial charge in [0.25, 0.3) is 5.91 Å². The smallest absolute Gasteiger partial charge is 0.289 e. The third-order valence-electron chi connectivity index (χ3n) is 6.00. The molecule has 1 aromatic carbocycles. The van der Waals surface area contributed by atoms with Crippen LogP contribution in [0.1, 0.15) is 40.5 Å². The molecule has 35 heavy (non-hydrogen) atoms. The molecule has 0 bridgehead atoms. The number of benzene rings is 1. The van der Waals surface area contributed by atoms with Crippen molar-refractivity contribution in [3.8, 4) is 11.1 Å². The molecular formula is C25H25ClN6O3. The number of nitrogens with one attached hydrogen (secondary N) is 2. The second-order valence-electron chi connectivity index (χ2n) is 8.55. The van der Waals surface area contributed by atoms with Crippen molar-refractivity contribution < 1.29 is 14.1 Å². The topological polar surface area (TPSA) is 115 Å². The first-order valence-corrected chi connectivity index (χ1v) is 11.8. The van der Waals surface area contributed by atoms with Gasteiger partial charge in [-0.05, 0) is 56.0 Å². The van der Waals surface area contributed by atoms with Gasteiger partial charge >= 0.3 is 0 Å². The number of aryl methyl sites for hydroxylation is 2. The average Bonchev–Trinajstić information content (AvgIpc) is 3.20. The summed E-state index contributed by atoms with van der Waals surface area (Å²) in [4.78, 5) is 26.3. The van der Waals surface area contributed by atoms with Gasteiger partial charge in [0.1, 0.15) is 11.6 Å². The second-order valence-corrected chi connectivity index (χ2v) is 8.99. The fourth-order valence-corrected chi connectivity index (χ4v) is 4.44. The van der Waals surface area contributed by atoms with Gasteiger partial charge in [0, 0.05) is 49.1 Å². The SMILES string of the molecule is Cc1noc(C)c1-c1ccc2nc(C(=O)NC3CCOCC3)nc(NCc3cncc(Cl)c3)c2c1. The Balaban J connectivity index is 1.52. The van der Waals surface area contributed by atoms with Gasteiger partial charge in [-0.1, -0.05) is 22.8 Å². The number of rotatable bonds is 6. The van der Waals surface area contributed by atoms with E-state index >= 15 is 0 Å². The van der Waals surface area contributed by atoms with Crippen molar-refractivity contribution in [2.75, 3.05) is 18.5 Å². The van der Waals surface area contributed by atoms with Crippen molar-refractivity contribution in [2.45, 2.75) is 39.3 Å². The van der Waals surface area contributed by atoms with Crippen LogP contribution >= 0.6 is 11.6 Å². The van der Waals surface area contributed by atoms with Gasteiger partial charge in [-0.3, -0.25) is 9.78 Å². The molecule has 0 spiro atoms. The number of aromatic nitrogens is 4. The third-order valence-corrected chi connectivity index (χ3v) is 6.21. The maximum atomic E-state index is 13.0. The minimum absolute atomic E-state index is 0.0476. The Labute approximate surface area is 207 Å². The van der Waals surface area contributed by atoms with Crippen LogP contribution in [-0.4, -0.2) is 45.3 Å². The molecule has 0 atom stereocenters. The number of halogens is 1. The normalized spacial score (nSPS) is 14.3. The maximum absolute atomic E-state index is 13.0. The van der Waals surface area contributed by atoms with Crippen LogP contribution in [0, 0.1) is 13.8 Å². The van der Waals surface area contributed by atoms with Gasteiger partial charge in [-0.15, -0.1) is 0 Å². The molecule has 4 aromatic rings. The molecule has 5 rings (SSSR count). The van der Waals surface area contributed by atoms with Gasteiger partial charge in [-0.2, -0.15) is 0 Å². The highest BCUT2D eigenvalue weighted by atomic mass is 35.5. The standard InChI is InChI=1S/C25H25ClN6O3/c1-14-22(15(2)35-32-14)17-3-4-21-20(10-17)23(28-12-16-9-18(26)13-27-11-16)31-24(30-21)25(33)29-19-5-7-34-8-6-19/h3-4,9-11,13,19H,5-8,12H2,1-2H3,(H,29,33)(H,28,30,31). The molecule has 180 valence electrons.